The third-order valence-electron chi connectivity index (χ3n) is 5.05. The number of benzene rings is 3. The molecule has 6 nitrogen and oxygen atoms in total. The summed E-state index contributed by atoms with van der Waals surface area (Å²) in [6.45, 7) is 4.64. The predicted octanol–water partition coefficient (Wildman–Crippen LogP) is 5.94. The van der Waals surface area contributed by atoms with Gasteiger partial charge in [0.25, 0.3) is 11.8 Å². The van der Waals surface area contributed by atoms with Crippen molar-refractivity contribution in [1.82, 2.24) is 5.32 Å². The maximum atomic E-state index is 12.7. The number of amides is 2. The van der Waals surface area contributed by atoms with E-state index in [9.17, 15) is 9.59 Å². The molecule has 0 heterocycles. The van der Waals surface area contributed by atoms with Gasteiger partial charge in [0, 0.05) is 16.9 Å². The maximum Gasteiger partial charge on any atom is 0.261 e. The van der Waals surface area contributed by atoms with Gasteiger partial charge in [-0.2, -0.15) is 0 Å². The third kappa shape index (κ3) is 7.42. The third-order valence-corrected chi connectivity index (χ3v) is 5.25. The van der Waals surface area contributed by atoms with Crippen LogP contribution in [-0.2, 0) is 0 Å². The molecular weight excluding hydrogens is 446 g/mol. The van der Waals surface area contributed by atoms with Crippen molar-refractivity contribution in [2.24, 2.45) is 0 Å². The molecule has 0 spiro atoms. The number of para-hydroxylation sites is 1. The summed E-state index contributed by atoms with van der Waals surface area (Å²) in [5.74, 6) is 0.0148. The van der Waals surface area contributed by atoms with Crippen molar-refractivity contribution in [2.75, 3.05) is 17.2 Å². The van der Waals surface area contributed by atoms with Gasteiger partial charge in [-0.05, 0) is 74.1 Å². The second-order valence-electron chi connectivity index (χ2n) is 7.86. The van der Waals surface area contributed by atoms with Crippen molar-refractivity contribution < 1.29 is 14.3 Å². The predicted molar refractivity (Wildman–Crippen MR) is 141 cm³/mol. The zero-order chi connectivity index (χ0) is 24.3. The van der Waals surface area contributed by atoms with Crippen LogP contribution in [-0.4, -0.2) is 23.5 Å². The highest BCUT2D eigenvalue weighted by molar-refractivity contribution is 7.80. The van der Waals surface area contributed by atoms with E-state index in [1.165, 1.54) is 0 Å². The van der Waals surface area contributed by atoms with Gasteiger partial charge in [0.15, 0.2) is 5.11 Å². The molecule has 0 aliphatic rings. The van der Waals surface area contributed by atoms with Gasteiger partial charge in [-0.15, -0.1) is 0 Å². The Kier molecular flexibility index (Phi) is 9.17. The quantitative estimate of drug-likeness (QED) is 0.264. The van der Waals surface area contributed by atoms with E-state index in [0.717, 1.165) is 24.8 Å². The van der Waals surface area contributed by atoms with Crippen molar-refractivity contribution in [3.8, 4) is 5.75 Å². The molecule has 2 amide bonds. The fourth-order valence-corrected chi connectivity index (χ4v) is 3.48. The lowest BCUT2D eigenvalue weighted by atomic mass is 10.1. The molecule has 0 saturated carbocycles. The topological polar surface area (TPSA) is 79.5 Å². The highest BCUT2D eigenvalue weighted by atomic mass is 32.1. The van der Waals surface area contributed by atoms with E-state index in [1.807, 2.05) is 31.2 Å². The van der Waals surface area contributed by atoms with Crippen LogP contribution in [0.25, 0.3) is 0 Å². The minimum absolute atomic E-state index is 0.169. The van der Waals surface area contributed by atoms with E-state index < -0.39 is 0 Å². The number of nitrogens with one attached hydrogen (secondary N) is 3. The monoisotopic (exact) mass is 475 g/mol. The van der Waals surface area contributed by atoms with Crippen molar-refractivity contribution in [1.29, 1.82) is 0 Å². The van der Waals surface area contributed by atoms with E-state index in [-0.39, 0.29) is 16.9 Å². The van der Waals surface area contributed by atoms with Gasteiger partial charge >= 0.3 is 0 Å². The minimum atomic E-state index is -0.342. The first-order chi connectivity index (χ1) is 16.5. The lowest BCUT2D eigenvalue weighted by Gasteiger charge is -2.13. The van der Waals surface area contributed by atoms with Crippen LogP contribution in [0.2, 0.25) is 0 Å². The molecule has 0 atom stereocenters. The van der Waals surface area contributed by atoms with Gasteiger partial charge in [0.1, 0.15) is 5.75 Å². The summed E-state index contributed by atoms with van der Waals surface area (Å²) in [6.07, 6.45) is 3.12. The Hall–Kier alpha value is -3.71. The van der Waals surface area contributed by atoms with Gasteiger partial charge < -0.3 is 15.4 Å². The maximum absolute atomic E-state index is 12.7. The van der Waals surface area contributed by atoms with Gasteiger partial charge in [0.2, 0.25) is 0 Å². The van der Waals surface area contributed by atoms with Crippen LogP contribution in [0.3, 0.4) is 0 Å². The molecule has 34 heavy (non-hydrogen) atoms. The summed E-state index contributed by atoms with van der Waals surface area (Å²) in [4.78, 5) is 25.1. The Labute approximate surface area is 205 Å². The van der Waals surface area contributed by atoms with E-state index in [0.29, 0.717) is 34.9 Å². The highest BCUT2D eigenvalue weighted by Crippen LogP contribution is 2.19. The van der Waals surface area contributed by atoms with Gasteiger partial charge in [0.05, 0.1) is 12.2 Å². The first kappa shape index (κ1) is 24.9. The molecule has 3 rings (SSSR count). The Bertz CT molecular complexity index is 1150. The molecule has 0 fully saturated rings. The molecule has 3 N–H and O–H groups in total. The lowest BCUT2D eigenvalue weighted by molar-refractivity contribution is 0.0972. The minimum Gasteiger partial charge on any atom is -0.493 e. The molecule has 176 valence electrons. The van der Waals surface area contributed by atoms with Crippen LogP contribution >= 0.6 is 12.2 Å². The number of carbonyl (C=O) groups is 2. The molecule has 0 unspecified atom stereocenters. The average molecular weight is 476 g/mol. The highest BCUT2D eigenvalue weighted by Gasteiger charge is 2.14. The Balaban J connectivity index is 1.54. The van der Waals surface area contributed by atoms with E-state index in [4.69, 9.17) is 17.0 Å². The van der Waals surface area contributed by atoms with Crippen molar-refractivity contribution >= 4 is 40.5 Å². The molecule has 7 heteroatoms. The van der Waals surface area contributed by atoms with Crippen LogP contribution in [0, 0.1) is 6.92 Å². The van der Waals surface area contributed by atoms with Crippen LogP contribution in [0.1, 0.15) is 52.5 Å². The molecule has 0 bridgehead atoms. The summed E-state index contributed by atoms with van der Waals surface area (Å²) in [5.41, 5.74) is 3.38. The molecule has 3 aromatic carbocycles. The number of aryl methyl sites for hydroxylation is 1. The first-order valence-corrected chi connectivity index (χ1v) is 11.7. The van der Waals surface area contributed by atoms with Gasteiger partial charge in [-0.3, -0.25) is 14.9 Å². The van der Waals surface area contributed by atoms with E-state index in [2.05, 4.69) is 22.9 Å². The summed E-state index contributed by atoms with van der Waals surface area (Å²) in [5, 5.41) is 8.72. The van der Waals surface area contributed by atoms with Crippen LogP contribution in [0.15, 0.2) is 72.8 Å². The van der Waals surface area contributed by atoms with Gasteiger partial charge in [-0.25, -0.2) is 0 Å². The standard InChI is InChI=1S/C27H29N3O3S/c1-3-4-7-17-33-24-12-6-5-11-23(24)26(32)30-27(34)29-22-15-13-21(14-16-22)28-25(31)20-10-8-9-19(2)18-20/h5-6,8-16,18H,3-4,7,17H2,1-2H3,(H,28,31)(H2,29,30,32,34). The number of hydrogen-bond donors (Lipinski definition) is 3. The van der Waals surface area contributed by atoms with Crippen LogP contribution < -0.4 is 20.7 Å². The first-order valence-electron chi connectivity index (χ1n) is 11.3. The Morgan fingerprint density at radius 1 is 0.853 bits per heavy atom. The fourth-order valence-electron chi connectivity index (χ4n) is 3.27. The number of rotatable bonds is 9. The Morgan fingerprint density at radius 2 is 1.56 bits per heavy atom. The Morgan fingerprint density at radius 3 is 2.26 bits per heavy atom. The van der Waals surface area contributed by atoms with Crippen molar-refractivity contribution in [3.05, 3.63) is 89.5 Å². The number of thiocarbonyl (C=S) groups is 1. The summed E-state index contributed by atoms with van der Waals surface area (Å²) >= 11 is 5.30. The number of ether oxygens (including phenoxy) is 1. The second kappa shape index (κ2) is 12.5. The summed E-state index contributed by atoms with van der Waals surface area (Å²) in [6, 6.07) is 21.6. The molecule has 0 aliphatic heterocycles. The average Bonchev–Trinajstić information content (AvgIpc) is 2.83. The zero-order valence-corrected chi connectivity index (χ0v) is 20.2. The van der Waals surface area contributed by atoms with Crippen LogP contribution in [0.5, 0.6) is 5.75 Å². The number of carbonyl (C=O) groups excluding carboxylic acids is 2. The smallest absolute Gasteiger partial charge is 0.261 e. The normalized spacial score (nSPS) is 10.3. The van der Waals surface area contributed by atoms with Crippen molar-refractivity contribution in [2.45, 2.75) is 33.1 Å². The van der Waals surface area contributed by atoms with Gasteiger partial charge in [-0.1, -0.05) is 49.6 Å². The number of hydrogen-bond acceptors (Lipinski definition) is 4. The second-order valence-corrected chi connectivity index (χ2v) is 8.27. The number of anilines is 2. The largest absolute Gasteiger partial charge is 0.493 e. The summed E-state index contributed by atoms with van der Waals surface area (Å²) in [7, 11) is 0. The van der Waals surface area contributed by atoms with Crippen LogP contribution in [0.4, 0.5) is 11.4 Å². The molecule has 0 radical (unpaired) electrons. The number of unbranched alkanes of at least 4 members (excludes halogenated alkanes) is 2. The lowest BCUT2D eigenvalue weighted by Crippen LogP contribution is -2.34. The molecule has 3 aromatic rings. The fraction of sp³-hybridized carbons (Fsp3) is 0.222. The van der Waals surface area contributed by atoms with E-state index >= 15 is 0 Å². The summed E-state index contributed by atoms with van der Waals surface area (Å²) < 4.78 is 5.78. The van der Waals surface area contributed by atoms with E-state index in [1.54, 1.807) is 48.5 Å². The molecule has 0 aromatic heterocycles. The zero-order valence-electron chi connectivity index (χ0n) is 19.4. The van der Waals surface area contributed by atoms with Crippen molar-refractivity contribution in [3.63, 3.8) is 0 Å². The molecule has 0 aliphatic carbocycles. The SMILES string of the molecule is CCCCCOc1ccccc1C(=O)NC(=S)Nc1ccc(NC(=O)c2cccc(C)c2)cc1. The molecular formula is C27H29N3O3S. The molecule has 0 saturated heterocycles.